The Hall–Kier alpha value is -0.770. The molecule has 0 fully saturated rings. The van der Waals surface area contributed by atoms with E-state index in [1.807, 2.05) is 0 Å². The van der Waals surface area contributed by atoms with Gasteiger partial charge in [0.05, 0.1) is 11.3 Å². The van der Waals surface area contributed by atoms with Crippen molar-refractivity contribution in [3.05, 3.63) is 48.8 Å². The van der Waals surface area contributed by atoms with Crippen molar-refractivity contribution >= 4 is 59.0 Å². The molecule has 0 aliphatic carbocycles. The maximum Gasteiger partial charge on any atom is 0.338 e. The Morgan fingerprint density at radius 2 is 2.00 bits per heavy atom. The van der Waals surface area contributed by atoms with E-state index in [9.17, 15) is 17.6 Å². The first-order chi connectivity index (χ1) is 9.72. The number of halogens is 3. The average Bonchev–Trinajstić information content (AvgIpc) is 2.76. The Bertz CT molecular complexity index is 815. The van der Waals surface area contributed by atoms with Crippen molar-refractivity contribution in [1.82, 2.24) is 0 Å². The molecule has 0 radical (unpaired) electrons. The summed E-state index contributed by atoms with van der Waals surface area (Å²) in [5, 5.41) is 10.6. The number of aromatic carboxylic acids is 1. The third kappa shape index (κ3) is 3.53. The number of hydrogen-bond acceptors (Lipinski definition) is 4. The quantitative estimate of drug-likeness (QED) is 0.750. The van der Waals surface area contributed by atoms with Crippen LogP contribution in [0.1, 0.15) is 15.2 Å². The molecule has 1 N–H and O–H groups in total. The molecule has 2 rings (SSSR count). The van der Waals surface area contributed by atoms with Crippen molar-refractivity contribution in [1.29, 1.82) is 0 Å². The van der Waals surface area contributed by atoms with E-state index in [1.165, 1.54) is 11.3 Å². The summed E-state index contributed by atoms with van der Waals surface area (Å²) in [6, 6.07) is 3.78. The molecule has 9 heteroatoms. The first kappa shape index (κ1) is 16.6. The van der Waals surface area contributed by atoms with E-state index in [0.29, 0.717) is 9.35 Å². The van der Waals surface area contributed by atoms with Gasteiger partial charge in [-0.3, -0.25) is 0 Å². The number of sulfone groups is 1. The Kier molecular flexibility index (Phi) is 4.86. The molecule has 0 saturated heterocycles. The standard InChI is InChI=1S/C12H7Br2FO4S2/c13-6-3-7(12(16)17)11(15)10(4-6)21(18,19)5-9-8(14)1-2-20-9/h1-4H,5H2,(H,16,17). The van der Waals surface area contributed by atoms with E-state index in [1.54, 1.807) is 11.4 Å². The van der Waals surface area contributed by atoms with Crippen molar-refractivity contribution in [3.8, 4) is 0 Å². The van der Waals surface area contributed by atoms with E-state index in [0.717, 1.165) is 12.1 Å². The van der Waals surface area contributed by atoms with Crippen LogP contribution in [0.2, 0.25) is 0 Å². The zero-order valence-electron chi connectivity index (χ0n) is 10.1. The number of benzene rings is 1. The van der Waals surface area contributed by atoms with E-state index < -0.39 is 37.8 Å². The van der Waals surface area contributed by atoms with E-state index in [4.69, 9.17) is 5.11 Å². The first-order valence-electron chi connectivity index (χ1n) is 5.39. The molecule has 0 unspecified atom stereocenters. The van der Waals surface area contributed by atoms with Crippen LogP contribution in [0.15, 0.2) is 37.4 Å². The topological polar surface area (TPSA) is 71.4 Å². The van der Waals surface area contributed by atoms with Gasteiger partial charge in [0.1, 0.15) is 4.90 Å². The molecule has 21 heavy (non-hydrogen) atoms. The Morgan fingerprint density at radius 1 is 1.33 bits per heavy atom. The molecule has 1 aromatic carbocycles. The van der Waals surface area contributed by atoms with Crippen LogP contribution in [0.4, 0.5) is 4.39 Å². The van der Waals surface area contributed by atoms with E-state index in [-0.39, 0.29) is 4.47 Å². The van der Waals surface area contributed by atoms with Crippen molar-refractivity contribution in [3.63, 3.8) is 0 Å². The van der Waals surface area contributed by atoms with Gasteiger partial charge < -0.3 is 5.11 Å². The minimum absolute atomic E-state index is 0.185. The second-order valence-corrected chi connectivity index (χ2v) is 8.75. The summed E-state index contributed by atoms with van der Waals surface area (Å²) in [5.41, 5.74) is -0.687. The molecule has 112 valence electrons. The fraction of sp³-hybridized carbons (Fsp3) is 0.0833. The highest BCUT2D eigenvalue weighted by molar-refractivity contribution is 9.10. The van der Waals surface area contributed by atoms with Crippen LogP contribution in [-0.2, 0) is 15.6 Å². The summed E-state index contributed by atoms with van der Waals surface area (Å²) in [4.78, 5) is 10.9. The highest BCUT2D eigenvalue weighted by atomic mass is 79.9. The Balaban J connectivity index is 2.55. The lowest BCUT2D eigenvalue weighted by Gasteiger charge is -2.08. The molecule has 4 nitrogen and oxygen atoms in total. The van der Waals surface area contributed by atoms with Gasteiger partial charge in [-0.05, 0) is 39.5 Å². The molecule has 2 aromatic rings. The molecule has 0 amide bonds. The van der Waals surface area contributed by atoms with Gasteiger partial charge >= 0.3 is 5.97 Å². The third-order valence-corrected chi connectivity index (χ3v) is 6.78. The van der Waals surface area contributed by atoms with Crippen LogP contribution >= 0.6 is 43.2 Å². The van der Waals surface area contributed by atoms with Crippen molar-refractivity contribution in [2.45, 2.75) is 10.6 Å². The van der Waals surface area contributed by atoms with Crippen molar-refractivity contribution in [2.24, 2.45) is 0 Å². The SMILES string of the molecule is O=C(O)c1cc(Br)cc(S(=O)(=O)Cc2sccc2Br)c1F. The lowest BCUT2D eigenvalue weighted by Crippen LogP contribution is -2.11. The fourth-order valence-electron chi connectivity index (χ4n) is 1.62. The highest BCUT2D eigenvalue weighted by Gasteiger charge is 2.26. The van der Waals surface area contributed by atoms with Gasteiger partial charge in [0, 0.05) is 13.8 Å². The van der Waals surface area contributed by atoms with Gasteiger partial charge in [0.2, 0.25) is 0 Å². The summed E-state index contributed by atoms with van der Waals surface area (Å²) in [7, 11) is -4.00. The fourth-order valence-corrected chi connectivity index (χ4v) is 5.78. The van der Waals surface area contributed by atoms with Crippen molar-refractivity contribution < 1.29 is 22.7 Å². The monoisotopic (exact) mass is 456 g/mol. The first-order valence-corrected chi connectivity index (χ1v) is 9.51. The zero-order chi connectivity index (χ0) is 15.8. The zero-order valence-corrected chi connectivity index (χ0v) is 14.9. The molecule has 1 aromatic heterocycles. The van der Waals surface area contributed by atoms with Crippen LogP contribution < -0.4 is 0 Å². The summed E-state index contributed by atoms with van der Waals surface area (Å²) < 4.78 is 39.6. The molecule has 0 spiro atoms. The molecular formula is C12H7Br2FO4S2. The molecule has 0 aliphatic heterocycles. The molecule has 0 saturated carbocycles. The van der Waals surface area contributed by atoms with E-state index in [2.05, 4.69) is 31.9 Å². The number of hydrogen-bond donors (Lipinski definition) is 1. The molecule has 0 aliphatic rings. The average molecular weight is 458 g/mol. The minimum Gasteiger partial charge on any atom is -0.478 e. The van der Waals surface area contributed by atoms with Crippen LogP contribution in [0.3, 0.4) is 0 Å². The normalized spacial score (nSPS) is 11.6. The Labute approximate surface area is 140 Å². The summed E-state index contributed by atoms with van der Waals surface area (Å²) >= 11 is 7.43. The molecule has 0 bridgehead atoms. The molecule has 0 atom stereocenters. The number of carboxylic acids is 1. The second-order valence-electron chi connectivity index (χ2n) is 4.02. The van der Waals surface area contributed by atoms with Crippen LogP contribution in [0.5, 0.6) is 0 Å². The largest absolute Gasteiger partial charge is 0.478 e. The predicted molar refractivity (Wildman–Crippen MR) is 84.0 cm³/mol. The number of rotatable bonds is 4. The highest BCUT2D eigenvalue weighted by Crippen LogP contribution is 2.30. The van der Waals surface area contributed by atoms with Crippen LogP contribution in [-0.4, -0.2) is 19.5 Å². The molecule has 1 heterocycles. The summed E-state index contributed by atoms with van der Waals surface area (Å²) in [5.74, 6) is -3.18. The van der Waals surface area contributed by atoms with Crippen LogP contribution in [0, 0.1) is 5.82 Å². The van der Waals surface area contributed by atoms with Gasteiger partial charge in [0.25, 0.3) is 0 Å². The third-order valence-electron chi connectivity index (χ3n) is 2.58. The van der Waals surface area contributed by atoms with Gasteiger partial charge in [0.15, 0.2) is 15.7 Å². The maximum absolute atomic E-state index is 14.1. The van der Waals surface area contributed by atoms with E-state index >= 15 is 0 Å². The lowest BCUT2D eigenvalue weighted by molar-refractivity contribution is 0.0691. The summed E-state index contributed by atoms with van der Waals surface area (Å²) in [6.07, 6.45) is 0. The smallest absolute Gasteiger partial charge is 0.338 e. The number of carboxylic acid groups (broad SMARTS) is 1. The predicted octanol–water partition coefficient (Wildman–Crippen LogP) is 4.08. The number of carbonyl (C=O) groups is 1. The maximum atomic E-state index is 14.1. The second kappa shape index (κ2) is 6.15. The Morgan fingerprint density at radius 3 is 2.52 bits per heavy atom. The summed E-state index contributed by atoms with van der Waals surface area (Å²) in [6.45, 7) is 0. The van der Waals surface area contributed by atoms with Crippen LogP contribution in [0.25, 0.3) is 0 Å². The minimum atomic E-state index is -4.00. The molecular weight excluding hydrogens is 451 g/mol. The van der Waals surface area contributed by atoms with Gasteiger partial charge in [-0.25, -0.2) is 17.6 Å². The lowest BCUT2D eigenvalue weighted by atomic mass is 10.2. The van der Waals surface area contributed by atoms with Gasteiger partial charge in [-0.15, -0.1) is 11.3 Å². The number of thiophene rings is 1. The van der Waals surface area contributed by atoms with Gasteiger partial charge in [-0.1, -0.05) is 15.9 Å². The van der Waals surface area contributed by atoms with Crippen molar-refractivity contribution in [2.75, 3.05) is 0 Å². The van der Waals surface area contributed by atoms with Gasteiger partial charge in [-0.2, -0.15) is 0 Å².